The van der Waals surface area contributed by atoms with E-state index in [1.165, 1.54) is 10.7 Å². The first-order valence-corrected chi connectivity index (χ1v) is 9.87. The SMILES string of the molecule is CC(C)=C1C(=O)Nc2ccc(S(=O)(=O)N(C)C3CCCCC3)cc21. The first kappa shape index (κ1) is 17.2. The Hall–Kier alpha value is -1.66. The molecule has 1 aromatic carbocycles. The quantitative estimate of drug-likeness (QED) is 0.852. The summed E-state index contributed by atoms with van der Waals surface area (Å²) < 4.78 is 27.5. The molecule has 3 rings (SSSR count). The molecule has 24 heavy (non-hydrogen) atoms. The molecule has 130 valence electrons. The molecule has 1 aliphatic heterocycles. The number of hydrogen-bond donors (Lipinski definition) is 1. The fourth-order valence-corrected chi connectivity index (χ4v) is 5.05. The van der Waals surface area contributed by atoms with E-state index in [1.807, 2.05) is 13.8 Å². The molecule has 1 heterocycles. The normalized spacial score (nSPS) is 18.7. The van der Waals surface area contributed by atoms with Crippen LogP contribution in [0.25, 0.3) is 5.57 Å². The highest BCUT2D eigenvalue weighted by molar-refractivity contribution is 7.89. The van der Waals surface area contributed by atoms with E-state index in [4.69, 9.17) is 0 Å². The Morgan fingerprint density at radius 2 is 1.83 bits per heavy atom. The van der Waals surface area contributed by atoms with Crippen LogP contribution < -0.4 is 5.32 Å². The van der Waals surface area contributed by atoms with Crippen molar-refractivity contribution >= 4 is 27.2 Å². The van der Waals surface area contributed by atoms with Crippen LogP contribution in [0.3, 0.4) is 0 Å². The first-order valence-electron chi connectivity index (χ1n) is 8.43. The van der Waals surface area contributed by atoms with Gasteiger partial charge in [0.1, 0.15) is 0 Å². The Morgan fingerprint density at radius 3 is 2.46 bits per heavy atom. The molecular formula is C18H24N2O3S. The molecule has 6 heteroatoms. The van der Waals surface area contributed by atoms with Crippen LogP contribution in [0.5, 0.6) is 0 Å². The number of allylic oxidation sites excluding steroid dienone is 1. The van der Waals surface area contributed by atoms with E-state index in [-0.39, 0.29) is 16.8 Å². The smallest absolute Gasteiger partial charge is 0.256 e. The number of carbonyl (C=O) groups is 1. The maximum Gasteiger partial charge on any atom is 0.256 e. The van der Waals surface area contributed by atoms with Crippen LogP contribution in [0.1, 0.15) is 51.5 Å². The molecule has 0 unspecified atom stereocenters. The largest absolute Gasteiger partial charge is 0.321 e. The maximum absolute atomic E-state index is 13.0. The molecule has 1 amide bonds. The number of anilines is 1. The van der Waals surface area contributed by atoms with Gasteiger partial charge in [0.15, 0.2) is 0 Å². The van der Waals surface area contributed by atoms with Crippen LogP contribution >= 0.6 is 0 Å². The minimum absolute atomic E-state index is 0.0692. The summed E-state index contributed by atoms with van der Waals surface area (Å²) in [6.07, 6.45) is 5.17. The third kappa shape index (κ3) is 2.89. The molecule has 1 N–H and O–H groups in total. The number of benzene rings is 1. The Bertz CT molecular complexity index is 802. The Kier molecular flexibility index (Phi) is 4.53. The van der Waals surface area contributed by atoms with Gasteiger partial charge in [-0.25, -0.2) is 8.42 Å². The highest BCUT2D eigenvalue weighted by Crippen LogP contribution is 2.36. The summed E-state index contributed by atoms with van der Waals surface area (Å²) in [5.74, 6) is -0.166. The Morgan fingerprint density at radius 1 is 1.17 bits per heavy atom. The third-order valence-electron chi connectivity index (χ3n) is 5.00. The van der Waals surface area contributed by atoms with Crippen molar-refractivity contribution in [3.05, 3.63) is 29.3 Å². The topological polar surface area (TPSA) is 66.5 Å². The van der Waals surface area contributed by atoms with Gasteiger partial charge in [-0.1, -0.05) is 24.8 Å². The van der Waals surface area contributed by atoms with Crippen molar-refractivity contribution in [2.75, 3.05) is 12.4 Å². The summed E-state index contributed by atoms with van der Waals surface area (Å²) in [7, 11) is -1.88. The van der Waals surface area contributed by atoms with Gasteiger partial charge in [-0.05, 0) is 44.9 Å². The second kappa shape index (κ2) is 6.33. The molecule has 1 aromatic rings. The number of sulfonamides is 1. The molecule has 1 saturated carbocycles. The molecule has 0 radical (unpaired) electrons. The zero-order valence-corrected chi connectivity index (χ0v) is 15.2. The minimum atomic E-state index is -3.56. The number of hydrogen-bond acceptors (Lipinski definition) is 3. The highest BCUT2D eigenvalue weighted by atomic mass is 32.2. The number of nitrogens with zero attached hydrogens (tertiary/aromatic N) is 1. The lowest BCUT2D eigenvalue weighted by Gasteiger charge is -2.30. The van der Waals surface area contributed by atoms with Crippen LogP contribution in [0.15, 0.2) is 28.7 Å². The summed E-state index contributed by atoms with van der Waals surface area (Å²) in [5.41, 5.74) is 2.80. The van der Waals surface area contributed by atoms with Gasteiger partial charge in [0, 0.05) is 29.9 Å². The number of rotatable bonds is 3. The summed E-state index contributed by atoms with van der Waals surface area (Å²) in [5, 5.41) is 2.79. The summed E-state index contributed by atoms with van der Waals surface area (Å²) in [6, 6.07) is 4.97. The number of carbonyl (C=O) groups excluding carboxylic acids is 1. The predicted molar refractivity (Wildman–Crippen MR) is 95.2 cm³/mol. The average molecular weight is 348 g/mol. The van der Waals surface area contributed by atoms with Gasteiger partial charge in [0.05, 0.1) is 4.90 Å². The third-order valence-corrected chi connectivity index (χ3v) is 6.91. The van der Waals surface area contributed by atoms with Crippen LogP contribution in [0.2, 0.25) is 0 Å². The average Bonchev–Trinajstić information content (AvgIpc) is 2.89. The van der Waals surface area contributed by atoms with Gasteiger partial charge < -0.3 is 5.32 Å². The second-order valence-electron chi connectivity index (χ2n) is 6.85. The number of amides is 1. The molecule has 1 aliphatic carbocycles. The van der Waals surface area contributed by atoms with Gasteiger partial charge >= 0.3 is 0 Å². The zero-order chi connectivity index (χ0) is 17.5. The van der Waals surface area contributed by atoms with E-state index in [1.54, 1.807) is 25.2 Å². The monoisotopic (exact) mass is 348 g/mol. The lowest BCUT2D eigenvalue weighted by Crippen LogP contribution is -2.38. The molecule has 0 spiro atoms. The summed E-state index contributed by atoms with van der Waals surface area (Å²) >= 11 is 0. The van der Waals surface area contributed by atoms with Crippen molar-refractivity contribution in [2.45, 2.75) is 56.9 Å². The molecule has 0 bridgehead atoms. The fourth-order valence-electron chi connectivity index (χ4n) is 3.61. The van der Waals surface area contributed by atoms with Gasteiger partial charge in [-0.15, -0.1) is 0 Å². The van der Waals surface area contributed by atoms with Crippen molar-refractivity contribution in [1.82, 2.24) is 4.31 Å². The van der Waals surface area contributed by atoms with E-state index in [0.717, 1.165) is 31.3 Å². The van der Waals surface area contributed by atoms with Gasteiger partial charge in [0.25, 0.3) is 5.91 Å². The van der Waals surface area contributed by atoms with Crippen molar-refractivity contribution in [3.63, 3.8) is 0 Å². The van der Waals surface area contributed by atoms with E-state index < -0.39 is 10.0 Å². The zero-order valence-electron chi connectivity index (χ0n) is 14.4. The van der Waals surface area contributed by atoms with Gasteiger partial charge in [0.2, 0.25) is 10.0 Å². The van der Waals surface area contributed by atoms with Crippen LogP contribution in [-0.4, -0.2) is 31.7 Å². The minimum Gasteiger partial charge on any atom is -0.321 e. The molecule has 2 aliphatic rings. The molecule has 0 atom stereocenters. The summed E-state index contributed by atoms with van der Waals surface area (Å²) in [6.45, 7) is 3.72. The van der Waals surface area contributed by atoms with Crippen LogP contribution in [0.4, 0.5) is 5.69 Å². The standard InChI is InChI=1S/C18H24N2O3S/c1-12(2)17-15-11-14(9-10-16(15)19-18(17)21)24(22,23)20(3)13-7-5-4-6-8-13/h9-11,13H,4-8H2,1-3H3,(H,19,21). The van der Waals surface area contributed by atoms with Crippen LogP contribution in [-0.2, 0) is 14.8 Å². The Balaban J connectivity index is 1.99. The highest BCUT2D eigenvalue weighted by Gasteiger charge is 2.32. The van der Waals surface area contributed by atoms with Crippen molar-refractivity contribution in [1.29, 1.82) is 0 Å². The lowest BCUT2D eigenvalue weighted by atomic mass is 9.96. The molecule has 5 nitrogen and oxygen atoms in total. The lowest BCUT2D eigenvalue weighted by molar-refractivity contribution is -0.110. The van der Waals surface area contributed by atoms with Crippen molar-refractivity contribution in [3.8, 4) is 0 Å². The van der Waals surface area contributed by atoms with E-state index in [2.05, 4.69) is 5.32 Å². The first-order chi connectivity index (χ1) is 11.3. The number of fused-ring (bicyclic) bond motifs is 1. The van der Waals surface area contributed by atoms with E-state index in [9.17, 15) is 13.2 Å². The van der Waals surface area contributed by atoms with Crippen molar-refractivity contribution in [2.24, 2.45) is 0 Å². The second-order valence-corrected chi connectivity index (χ2v) is 8.85. The molecule has 0 aromatic heterocycles. The number of nitrogens with one attached hydrogen (secondary N) is 1. The fraction of sp³-hybridized carbons (Fsp3) is 0.500. The van der Waals surface area contributed by atoms with Crippen molar-refractivity contribution < 1.29 is 13.2 Å². The predicted octanol–water partition coefficient (Wildman–Crippen LogP) is 3.39. The molecule has 0 saturated heterocycles. The van der Waals surface area contributed by atoms with E-state index in [0.29, 0.717) is 16.8 Å². The molecule has 1 fully saturated rings. The van der Waals surface area contributed by atoms with Crippen LogP contribution in [0, 0.1) is 0 Å². The maximum atomic E-state index is 13.0. The Labute approximate surface area is 143 Å². The molecular weight excluding hydrogens is 324 g/mol. The van der Waals surface area contributed by atoms with Gasteiger partial charge in [-0.3, -0.25) is 4.79 Å². The van der Waals surface area contributed by atoms with Gasteiger partial charge in [-0.2, -0.15) is 4.31 Å². The van der Waals surface area contributed by atoms with E-state index >= 15 is 0 Å². The summed E-state index contributed by atoms with van der Waals surface area (Å²) in [4.78, 5) is 12.3.